The second-order valence-electron chi connectivity index (χ2n) is 2.50. The van der Waals surface area contributed by atoms with Crippen molar-refractivity contribution in [1.82, 2.24) is 4.98 Å². The van der Waals surface area contributed by atoms with Crippen LogP contribution in [0.2, 0.25) is 0 Å². The Kier molecular flexibility index (Phi) is 2.12. The third kappa shape index (κ3) is 1.78. The zero-order valence-corrected chi connectivity index (χ0v) is 6.25. The lowest BCUT2D eigenvalue weighted by atomic mass is 9.91. The maximum absolute atomic E-state index is 12.7. The number of pyridine rings is 1. The molecule has 64 valence electrons. The fraction of sp³-hybridized carbons (Fsp3) is 0.167. The molecule has 0 fully saturated rings. The van der Waals surface area contributed by atoms with Gasteiger partial charge in [0.1, 0.15) is 11.5 Å². The number of aromatic nitrogens is 1. The normalized spacial score (nSPS) is 11.7. The predicted molar refractivity (Wildman–Crippen MR) is 38.8 cm³/mol. The lowest BCUT2D eigenvalue weighted by Gasteiger charge is -2.15. The Morgan fingerprint density at radius 1 is 1.42 bits per heavy atom. The van der Waals surface area contributed by atoms with E-state index in [1.165, 1.54) is 0 Å². The first-order valence-electron chi connectivity index (χ1n) is 3.17. The molecule has 2 N–H and O–H groups in total. The van der Waals surface area contributed by atoms with Gasteiger partial charge >= 0.3 is 0 Å². The first-order valence-corrected chi connectivity index (χ1v) is 3.17. The van der Waals surface area contributed by atoms with Crippen molar-refractivity contribution in [3.63, 3.8) is 0 Å². The molecule has 0 saturated carbocycles. The van der Waals surface area contributed by atoms with Gasteiger partial charge in [-0.1, -0.05) is 0 Å². The van der Waals surface area contributed by atoms with Gasteiger partial charge < -0.3 is 10.2 Å². The summed E-state index contributed by atoms with van der Waals surface area (Å²) in [6.45, 7) is 0. The van der Waals surface area contributed by atoms with Gasteiger partial charge in [0, 0.05) is 6.07 Å². The summed E-state index contributed by atoms with van der Waals surface area (Å²) in [4.78, 5) is 3.20. The molecule has 0 radical (unpaired) electrons. The zero-order chi connectivity index (χ0) is 9.35. The summed E-state index contributed by atoms with van der Waals surface area (Å²) < 4.78 is 25.0. The third-order valence-corrected chi connectivity index (χ3v) is 1.26. The molecule has 0 aliphatic carbocycles. The van der Waals surface area contributed by atoms with Crippen molar-refractivity contribution >= 4 is 7.85 Å². The van der Waals surface area contributed by atoms with Gasteiger partial charge in [0.25, 0.3) is 0 Å². The highest BCUT2D eigenvalue weighted by atomic mass is 19.1. The van der Waals surface area contributed by atoms with Crippen LogP contribution in [0.4, 0.5) is 8.78 Å². The molecular weight excluding hydrogens is 167 g/mol. The quantitative estimate of drug-likeness (QED) is 0.426. The molecular formula is C6H6BF2NO2. The number of hydrogen-bond acceptors (Lipinski definition) is 3. The monoisotopic (exact) mass is 173 g/mol. The molecule has 0 aliphatic rings. The average Bonchev–Trinajstić information content (AvgIpc) is 1.83. The Bertz CT molecular complexity index is 300. The minimum Gasteiger partial charge on any atom is -0.368 e. The Labute approximate surface area is 68.1 Å². The predicted octanol–water partition coefficient (Wildman–Crippen LogP) is -0.912. The maximum atomic E-state index is 12.7. The number of rotatable bonds is 1. The highest BCUT2D eigenvalue weighted by Crippen LogP contribution is 2.15. The van der Waals surface area contributed by atoms with Crippen LogP contribution in [0.25, 0.3) is 0 Å². The van der Waals surface area contributed by atoms with Gasteiger partial charge in [-0.3, -0.25) is 4.98 Å². The van der Waals surface area contributed by atoms with Crippen LogP contribution in [0.15, 0.2) is 12.3 Å². The van der Waals surface area contributed by atoms with E-state index in [0.717, 1.165) is 7.85 Å². The molecule has 0 amide bonds. The summed E-state index contributed by atoms with van der Waals surface area (Å²) in [5.74, 6) is -1.94. The van der Waals surface area contributed by atoms with E-state index in [2.05, 4.69) is 4.98 Å². The van der Waals surface area contributed by atoms with Crippen LogP contribution < -0.4 is 0 Å². The van der Waals surface area contributed by atoms with Crippen molar-refractivity contribution in [2.24, 2.45) is 0 Å². The molecule has 0 bridgehead atoms. The Hall–Kier alpha value is -1.01. The minimum absolute atomic E-state index is 0.535. The van der Waals surface area contributed by atoms with Crippen molar-refractivity contribution < 1.29 is 19.0 Å². The van der Waals surface area contributed by atoms with Crippen molar-refractivity contribution in [3.8, 4) is 0 Å². The molecule has 0 spiro atoms. The lowest BCUT2D eigenvalue weighted by Crippen LogP contribution is -2.27. The standard InChI is InChI=1S/C6H6BF2NO2/c7-6(11,12)5-4(9)1-3(8)2-10-5/h1-2,11-12H,7H2. The Balaban J connectivity index is 3.19. The van der Waals surface area contributed by atoms with Crippen LogP contribution >= 0.6 is 0 Å². The van der Waals surface area contributed by atoms with Crippen LogP contribution in [0.5, 0.6) is 0 Å². The van der Waals surface area contributed by atoms with E-state index in [1.54, 1.807) is 0 Å². The fourth-order valence-electron chi connectivity index (χ4n) is 0.763. The second-order valence-corrected chi connectivity index (χ2v) is 2.50. The highest BCUT2D eigenvalue weighted by molar-refractivity contribution is 6.12. The number of aliphatic hydroxyl groups is 2. The molecule has 1 heterocycles. The summed E-state index contributed by atoms with van der Waals surface area (Å²) in [6.07, 6.45) is 0.711. The first kappa shape index (κ1) is 9.09. The second kappa shape index (κ2) is 2.80. The summed E-state index contributed by atoms with van der Waals surface area (Å²) in [5.41, 5.74) is -2.97. The van der Waals surface area contributed by atoms with E-state index in [0.29, 0.717) is 12.3 Å². The molecule has 1 aromatic heterocycles. The summed E-state index contributed by atoms with van der Waals surface area (Å²) >= 11 is 0. The van der Waals surface area contributed by atoms with Gasteiger partial charge in [0.2, 0.25) is 0 Å². The Morgan fingerprint density at radius 2 is 2.00 bits per heavy atom. The summed E-state index contributed by atoms with van der Waals surface area (Å²) in [5, 5.41) is 17.8. The molecule has 6 heteroatoms. The van der Waals surface area contributed by atoms with Gasteiger partial charge in [-0.15, -0.1) is 0 Å². The smallest absolute Gasteiger partial charge is 0.186 e. The molecule has 0 unspecified atom stereocenters. The maximum Gasteiger partial charge on any atom is 0.186 e. The molecule has 0 atom stereocenters. The average molecular weight is 173 g/mol. The molecule has 1 aromatic rings. The molecule has 1 rings (SSSR count). The largest absolute Gasteiger partial charge is 0.368 e. The number of halogens is 2. The fourth-order valence-corrected chi connectivity index (χ4v) is 0.763. The highest BCUT2D eigenvalue weighted by Gasteiger charge is 2.24. The van der Waals surface area contributed by atoms with Gasteiger partial charge in [-0.05, 0) is 0 Å². The third-order valence-electron chi connectivity index (χ3n) is 1.26. The van der Waals surface area contributed by atoms with Gasteiger partial charge in [-0.25, -0.2) is 8.78 Å². The van der Waals surface area contributed by atoms with Gasteiger partial charge in [0.15, 0.2) is 19.3 Å². The molecule has 12 heavy (non-hydrogen) atoms. The molecule has 0 saturated heterocycles. The van der Waals surface area contributed by atoms with Crippen molar-refractivity contribution in [2.45, 2.75) is 5.69 Å². The van der Waals surface area contributed by atoms with E-state index in [4.69, 9.17) is 10.2 Å². The van der Waals surface area contributed by atoms with Gasteiger partial charge in [0.05, 0.1) is 6.20 Å². The van der Waals surface area contributed by atoms with E-state index in [1.807, 2.05) is 0 Å². The number of hydrogen-bond donors (Lipinski definition) is 2. The zero-order valence-electron chi connectivity index (χ0n) is 6.25. The molecule has 3 nitrogen and oxygen atoms in total. The van der Waals surface area contributed by atoms with E-state index in [9.17, 15) is 8.78 Å². The number of nitrogens with zero attached hydrogens (tertiary/aromatic N) is 1. The first-order chi connectivity index (χ1) is 5.41. The van der Waals surface area contributed by atoms with Crippen molar-refractivity contribution in [2.75, 3.05) is 0 Å². The lowest BCUT2D eigenvalue weighted by molar-refractivity contribution is -0.0968. The topological polar surface area (TPSA) is 53.4 Å². The summed E-state index contributed by atoms with van der Waals surface area (Å²) in [7, 11) is 0.941. The SMILES string of the molecule is BC(O)(O)c1ncc(F)cc1F. The van der Waals surface area contributed by atoms with E-state index in [-0.39, 0.29) is 0 Å². The van der Waals surface area contributed by atoms with E-state index >= 15 is 0 Å². The van der Waals surface area contributed by atoms with Crippen molar-refractivity contribution in [1.29, 1.82) is 0 Å². The summed E-state index contributed by atoms with van der Waals surface area (Å²) in [6, 6.07) is 0.535. The molecule has 0 aliphatic heterocycles. The van der Waals surface area contributed by atoms with Crippen LogP contribution in [0.3, 0.4) is 0 Å². The minimum atomic E-state index is -2.38. The van der Waals surface area contributed by atoms with Crippen LogP contribution in [0.1, 0.15) is 5.69 Å². The van der Waals surface area contributed by atoms with Crippen LogP contribution in [-0.2, 0) is 5.69 Å². The molecule has 0 aromatic carbocycles. The van der Waals surface area contributed by atoms with E-state index < -0.39 is 23.0 Å². The van der Waals surface area contributed by atoms with Gasteiger partial charge in [-0.2, -0.15) is 0 Å². The Morgan fingerprint density at radius 3 is 2.42 bits per heavy atom. The van der Waals surface area contributed by atoms with Crippen molar-refractivity contribution in [3.05, 3.63) is 29.6 Å². The van der Waals surface area contributed by atoms with Crippen LogP contribution in [0, 0.1) is 11.6 Å². The van der Waals surface area contributed by atoms with Crippen LogP contribution in [-0.4, -0.2) is 23.0 Å².